The van der Waals surface area contributed by atoms with Gasteiger partial charge in [-0.25, -0.2) is 9.69 Å². The van der Waals surface area contributed by atoms with Crippen LogP contribution in [0.15, 0.2) is 279 Å². The van der Waals surface area contributed by atoms with Crippen LogP contribution in [0.1, 0.15) is 44.5 Å². The Labute approximate surface area is 607 Å². The van der Waals surface area contributed by atoms with E-state index in [1.54, 1.807) is 13.8 Å². The number of aromatic nitrogens is 4. The highest BCUT2D eigenvalue weighted by Gasteiger charge is 2.34. The molecule has 0 fully saturated rings. The van der Waals surface area contributed by atoms with E-state index in [9.17, 15) is 26.3 Å². The Morgan fingerprint density at radius 1 is 0.245 bits per heavy atom. The second-order valence-corrected chi connectivity index (χ2v) is 27.7. The summed E-state index contributed by atoms with van der Waals surface area (Å²) >= 11 is 0. The van der Waals surface area contributed by atoms with Gasteiger partial charge in [0.1, 0.15) is 0 Å². The lowest BCUT2D eigenvalue weighted by molar-refractivity contribution is -0.138. The average molecular weight is 1390 g/mol. The van der Waals surface area contributed by atoms with Crippen LogP contribution < -0.4 is 0 Å². The van der Waals surface area contributed by atoms with E-state index >= 15 is 0 Å². The Morgan fingerprint density at radius 2 is 0.575 bits per heavy atom. The maximum Gasteiger partial charge on any atom is 0.416 e. The summed E-state index contributed by atoms with van der Waals surface area (Å²) in [4.78, 5) is 7.70. The van der Waals surface area contributed by atoms with Crippen LogP contribution in [0.2, 0.25) is 0 Å². The highest BCUT2D eigenvalue weighted by atomic mass is 19.4. The molecule has 12 heteroatoms. The molecule has 0 bridgehead atoms. The number of alkyl halides is 6. The molecule has 4 heterocycles. The molecule has 6 nitrogen and oxygen atoms in total. The number of rotatable bonds is 8. The molecule has 0 atom stereocenters. The van der Waals surface area contributed by atoms with Gasteiger partial charge >= 0.3 is 12.4 Å². The molecule has 0 saturated heterocycles. The summed E-state index contributed by atoms with van der Waals surface area (Å²) in [6.45, 7) is 27.8. The second kappa shape index (κ2) is 25.4. The molecule has 0 aliphatic heterocycles. The molecule has 0 aliphatic carbocycles. The molecule has 0 radical (unpaired) electrons. The number of benzene rings is 14. The summed E-state index contributed by atoms with van der Waals surface area (Å²) < 4.78 is 95.1. The van der Waals surface area contributed by atoms with Crippen LogP contribution >= 0.6 is 0 Å². The molecule has 0 amide bonds. The molecule has 0 saturated carbocycles. The van der Waals surface area contributed by atoms with Crippen molar-refractivity contribution in [2.24, 2.45) is 0 Å². The predicted molar refractivity (Wildman–Crippen MR) is 423 cm³/mol. The first kappa shape index (κ1) is 66.1. The van der Waals surface area contributed by atoms with Gasteiger partial charge in [0, 0.05) is 76.6 Å². The third-order valence-corrected chi connectivity index (χ3v) is 20.5. The molecule has 18 rings (SSSR count). The summed E-state index contributed by atoms with van der Waals surface area (Å²) in [7, 11) is 0. The van der Waals surface area contributed by atoms with Gasteiger partial charge in [0.2, 0.25) is 0 Å². The van der Waals surface area contributed by atoms with Crippen molar-refractivity contribution in [1.29, 1.82) is 0 Å². The first-order valence-corrected chi connectivity index (χ1v) is 34.9. The van der Waals surface area contributed by atoms with Crippen LogP contribution in [0.4, 0.5) is 37.7 Å². The molecule has 0 unspecified atom stereocenters. The maximum atomic E-state index is 14.4. The largest absolute Gasteiger partial charge is 0.416 e. The van der Waals surface area contributed by atoms with Crippen molar-refractivity contribution in [3.8, 4) is 67.3 Å². The fourth-order valence-electron chi connectivity index (χ4n) is 16.0. The lowest BCUT2D eigenvalue weighted by Crippen LogP contribution is -2.07. The third-order valence-electron chi connectivity index (χ3n) is 20.5. The van der Waals surface area contributed by atoms with Gasteiger partial charge in [-0.1, -0.05) is 186 Å². The van der Waals surface area contributed by atoms with Gasteiger partial charge in [-0.3, -0.25) is 0 Å². The van der Waals surface area contributed by atoms with E-state index < -0.39 is 23.5 Å². The van der Waals surface area contributed by atoms with E-state index in [4.69, 9.17) is 13.1 Å². The van der Waals surface area contributed by atoms with Crippen molar-refractivity contribution in [3.63, 3.8) is 0 Å². The van der Waals surface area contributed by atoms with Crippen molar-refractivity contribution < 1.29 is 26.3 Å². The molecule has 0 spiro atoms. The first-order chi connectivity index (χ1) is 51.2. The van der Waals surface area contributed by atoms with Crippen molar-refractivity contribution in [2.75, 3.05) is 0 Å². The van der Waals surface area contributed by atoms with E-state index in [1.165, 1.54) is 24.3 Å². The van der Waals surface area contributed by atoms with Gasteiger partial charge in [-0.15, -0.1) is 0 Å². The first-order valence-electron chi connectivity index (χ1n) is 34.9. The minimum Gasteiger partial charge on any atom is -0.310 e. The van der Waals surface area contributed by atoms with Crippen LogP contribution in [0.5, 0.6) is 0 Å². The van der Waals surface area contributed by atoms with Crippen molar-refractivity contribution in [1.82, 2.24) is 18.3 Å². The van der Waals surface area contributed by atoms with E-state index in [0.717, 1.165) is 154 Å². The van der Waals surface area contributed by atoms with E-state index in [1.807, 2.05) is 133 Å². The smallest absolute Gasteiger partial charge is 0.310 e. The molecule has 4 aromatic heterocycles. The van der Waals surface area contributed by atoms with E-state index in [0.29, 0.717) is 44.8 Å². The van der Waals surface area contributed by atoms with Crippen molar-refractivity contribution >= 4 is 98.6 Å². The zero-order valence-corrected chi connectivity index (χ0v) is 58.5. The summed E-state index contributed by atoms with van der Waals surface area (Å²) in [6.07, 6.45) is -9.03. The number of hydrogen-bond acceptors (Lipinski definition) is 0. The number of aryl methyl sites for hydroxylation is 6. The number of nitrogens with zero attached hydrogens (tertiary/aromatic N) is 6. The van der Waals surface area contributed by atoms with Crippen molar-refractivity contribution in [3.05, 3.63) is 346 Å². The molecule has 14 aromatic carbocycles. The van der Waals surface area contributed by atoms with Crippen LogP contribution in [-0.2, 0) is 12.4 Å². The van der Waals surface area contributed by atoms with E-state index in [-0.39, 0.29) is 0 Å². The Balaban J connectivity index is 0.000000156. The molecular formula is C94H64F6N6. The maximum absolute atomic E-state index is 14.4. The zero-order valence-electron chi connectivity index (χ0n) is 58.5. The van der Waals surface area contributed by atoms with Crippen LogP contribution in [0.25, 0.3) is 164 Å². The molecule has 0 N–H and O–H groups in total. The fourth-order valence-corrected chi connectivity index (χ4v) is 16.0. The minimum absolute atomic E-state index is 0.461. The van der Waals surface area contributed by atoms with Gasteiger partial charge in [0.25, 0.3) is 0 Å². The number of hydrogen-bond donors (Lipinski definition) is 0. The highest BCUT2D eigenvalue weighted by Crippen LogP contribution is 2.50. The number of fused-ring (bicyclic) bond motifs is 12. The van der Waals surface area contributed by atoms with Gasteiger partial charge in [-0.05, 0) is 185 Å². The Kier molecular flexibility index (Phi) is 15.8. The second-order valence-electron chi connectivity index (χ2n) is 27.7. The molecule has 512 valence electrons. The minimum atomic E-state index is -4.52. The monoisotopic (exact) mass is 1390 g/mol. The van der Waals surface area contributed by atoms with E-state index in [2.05, 4.69) is 177 Å². The van der Waals surface area contributed by atoms with Gasteiger partial charge in [0.15, 0.2) is 11.4 Å². The quantitative estimate of drug-likeness (QED) is 0.107. The average Bonchev–Trinajstić information content (AvgIpc) is 1.54. The summed E-state index contributed by atoms with van der Waals surface area (Å²) in [5, 5.41) is 8.62. The summed E-state index contributed by atoms with van der Waals surface area (Å²) in [6, 6.07) is 90.2. The summed E-state index contributed by atoms with van der Waals surface area (Å²) in [5.41, 5.74) is 21.6. The Hall–Kier alpha value is -13.2. The third kappa shape index (κ3) is 11.1. The molecule has 18 aromatic rings. The van der Waals surface area contributed by atoms with Crippen LogP contribution in [0.3, 0.4) is 0 Å². The molecule has 0 aliphatic rings. The lowest BCUT2D eigenvalue weighted by atomic mass is 9.92. The predicted octanol–water partition coefficient (Wildman–Crippen LogP) is 27.4. The molecular weight excluding hydrogens is 1330 g/mol. The molecule has 106 heavy (non-hydrogen) atoms. The van der Waals surface area contributed by atoms with Crippen LogP contribution in [0, 0.1) is 54.7 Å². The number of para-hydroxylation sites is 6. The SMILES string of the molecule is [C-]#[N+]c1ccc(-c2cccc(-c3cc(C)cc(C(F)(F)F)c3)c2-n2c3ccccc3c3cc(C)ccc32)c(-n2c3ccccc3c3cc(C)ccc32)c1.[C-]#[N+]c1ccc(-n2c3ccccc3c3cc(C)ccc32)c(-c2cccc(-c3cc(C)cc(C(F)(F)F)c3)c2-n2c3ccccc3c3cc(C)ccc32)c1. The van der Waals surface area contributed by atoms with Gasteiger partial charge in [-0.2, -0.15) is 26.3 Å². The van der Waals surface area contributed by atoms with Crippen molar-refractivity contribution in [2.45, 2.75) is 53.9 Å². The zero-order chi connectivity index (χ0) is 73.2. The highest BCUT2D eigenvalue weighted by molar-refractivity contribution is 6.15. The lowest BCUT2D eigenvalue weighted by Gasteiger charge is -2.22. The van der Waals surface area contributed by atoms with Gasteiger partial charge < -0.3 is 18.3 Å². The van der Waals surface area contributed by atoms with Gasteiger partial charge in [0.05, 0.1) is 85.5 Å². The topological polar surface area (TPSA) is 28.4 Å². The Bertz CT molecular complexity index is 6790. The van der Waals surface area contributed by atoms with Crippen LogP contribution in [-0.4, -0.2) is 18.3 Å². The number of halogens is 6. The normalized spacial score (nSPS) is 11.9. The summed E-state index contributed by atoms with van der Waals surface area (Å²) in [5.74, 6) is 0. The Morgan fingerprint density at radius 3 is 0.972 bits per heavy atom. The standard InChI is InChI=1S/2C47H32F3N3/c1-28-16-20-43-39(24-28)35-10-5-7-14-41(35)52(43)45-27-33(51-4)18-19-37(45)38-13-9-12-34(31-22-30(3)23-32(26-31)47(48,49)50)46(38)53-42-15-8-6-11-36(42)40-25-29(2)17-21-44(40)53;1-28-16-19-43-38(24-28)35-10-5-7-14-41(35)52(43)44-21-18-33(51-4)27-40(44)37-13-9-12-34(31-22-30(3)23-32(26-31)47(48,49)50)46(37)53-42-15-8-6-11-36(42)39-25-29(2)17-20-45(39)53/h2*5-27H,1-3H3. The fraction of sp³-hybridized carbons (Fsp3) is 0.0851.